The summed E-state index contributed by atoms with van der Waals surface area (Å²) in [4.78, 5) is 16.6. The SMILES string of the molecule is CC(CN1CCOCC1)N1C(=O)CNC1c1ccsc1. The highest BCUT2D eigenvalue weighted by molar-refractivity contribution is 7.07. The number of hydrogen-bond donors (Lipinski definition) is 1. The van der Waals surface area contributed by atoms with Gasteiger partial charge in [-0.25, -0.2) is 0 Å². The van der Waals surface area contributed by atoms with E-state index in [4.69, 9.17) is 4.74 Å². The molecule has 1 N–H and O–H groups in total. The average molecular weight is 295 g/mol. The monoisotopic (exact) mass is 295 g/mol. The Balaban J connectivity index is 1.67. The highest BCUT2D eigenvalue weighted by Gasteiger charge is 2.35. The number of nitrogens with one attached hydrogen (secondary N) is 1. The normalized spacial score (nSPS) is 26.1. The van der Waals surface area contributed by atoms with E-state index >= 15 is 0 Å². The lowest BCUT2D eigenvalue weighted by Gasteiger charge is -2.35. The first kappa shape index (κ1) is 14.0. The molecule has 0 spiro atoms. The molecule has 2 atom stereocenters. The molecule has 0 aliphatic carbocycles. The molecular formula is C14H21N3O2S. The summed E-state index contributed by atoms with van der Waals surface area (Å²) in [6.07, 6.45) is 0.0322. The molecule has 3 heterocycles. The lowest BCUT2D eigenvalue weighted by Crippen LogP contribution is -2.47. The van der Waals surface area contributed by atoms with Crippen molar-refractivity contribution in [1.29, 1.82) is 0 Å². The molecule has 0 aromatic carbocycles. The molecule has 0 bridgehead atoms. The van der Waals surface area contributed by atoms with Crippen molar-refractivity contribution in [3.8, 4) is 0 Å². The van der Waals surface area contributed by atoms with Gasteiger partial charge in [-0.2, -0.15) is 11.3 Å². The van der Waals surface area contributed by atoms with E-state index in [1.54, 1.807) is 11.3 Å². The van der Waals surface area contributed by atoms with Crippen molar-refractivity contribution in [2.45, 2.75) is 19.1 Å². The molecule has 1 amide bonds. The summed E-state index contributed by atoms with van der Waals surface area (Å²) in [5.41, 5.74) is 1.19. The van der Waals surface area contributed by atoms with Gasteiger partial charge in [0.05, 0.1) is 19.8 Å². The number of morpholine rings is 1. The molecule has 0 saturated carbocycles. The van der Waals surface area contributed by atoms with Gasteiger partial charge in [0.15, 0.2) is 0 Å². The molecule has 1 aromatic rings. The number of ether oxygens (including phenoxy) is 1. The Morgan fingerprint density at radius 3 is 3.00 bits per heavy atom. The Hall–Kier alpha value is -0.950. The van der Waals surface area contributed by atoms with E-state index in [0.717, 1.165) is 32.8 Å². The van der Waals surface area contributed by atoms with Gasteiger partial charge in [-0.3, -0.25) is 15.0 Å². The third-order valence-electron chi connectivity index (χ3n) is 3.97. The highest BCUT2D eigenvalue weighted by atomic mass is 32.1. The zero-order valence-corrected chi connectivity index (χ0v) is 12.6. The molecule has 2 aliphatic rings. The molecule has 110 valence electrons. The van der Waals surface area contributed by atoms with Gasteiger partial charge >= 0.3 is 0 Å². The van der Waals surface area contributed by atoms with E-state index in [1.165, 1.54) is 5.56 Å². The number of hydrogen-bond acceptors (Lipinski definition) is 5. The Kier molecular flexibility index (Phi) is 4.35. The van der Waals surface area contributed by atoms with Crippen LogP contribution in [-0.2, 0) is 9.53 Å². The fourth-order valence-electron chi connectivity index (χ4n) is 2.97. The van der Waals surface area contributed by atoms with Gasteiger partial charge in [-0.15, -0.1) is 0 Å². The molecule has 2 fully saturated rings. The molecule has 2 saturated heterocycles. The fourth-order valence-corrected chi connectivity index (χ4v) is 3.65. The van der Waals surface area contributed by atoms with Crippen molar-refractivity contribution in [3.05, 3.63) is 22.4 Å². The van der Waals surface area contributed by atoms with Crippen LogP contribution < -0.4 is 5.32 Å². The van der Waals surface area contributed by atoms with Crippen molar-refractivity contribution in [1.82, 2.24) is 15.1 Å². The third kappa shape index (κ3) is 2.88. The van der Waals surface area contributed by atoms with Crippen LogP contribution in [0.2, 0.25) is 0 Å². The standard InChI is InChI=1S/C14H21N3O2S/c1-11(9-16-3-5-19-6-4-16)17-13(18)8-15-14(17)12-2-7-20-10-12/h2,7,10-11,14-15H,3-6,8-9H2,1H3. The second kappa shape index (κ2) is 6.22. The summed E-state index contributed by atoms with van der Waals surface area (Å²) < 4.78 is 5.37. The zero-order valence-electron chi connectivity index (χ0n) is 11.7. The van der Waals surface area contributed by atoms with Crippen LogP contribution >= 0.6 is 11.3 Å². The van der Waals surface area contributed by atoms with Crippen LogP contribution in [0.5, 0.6) is 0 Å². The van der Waals surface area contributed by atoms with E-state index in [9.17, 15) is 4.79 Å². The van der Waals surface area contributed by atoms with Gasteiger partial charge in [0, 0.05) is 25.7 Å². The van der Waals surface area contributed by atoms with Crippen LogP contribution in [0.25, 0.3) is 0 Å². The summed E-state index contributed by atoms with van der Waals surface area (Å²) in [7, 11) is 0. The molecule has 2 unspecified atom stereocenters. The van der Waals surface area contributed by atoms with Crippen molar-refractivity contribution in [3.63, 3.8) is 0 Å². The van der Waals surface area contributed by atoms with Crippen molar-refractivity contribution in [2.75, 3.05) is 39.4 Å². The summed E-state index contributed by atoms with van der Waals surface area (Å²) in [6.45, 7) is 7.01. The topological polar surface area (TPSA) is 44.8 Å². The Morgan fingerprint density at radius 2 is 2.30 bits per heavy atom. The second-order valence-corrected chi connectivity index (χ2v) is 6.18. The lowest BCUT2D eigenvalue weighted by atomic mass is 10.2. The molecule has 20 heavy (non-hydrogen) atoms. The Labute approximate surface area is 123 Å². The lowest BCUT2D eigenvalue weighted by molar-refractivity contribution is -0.130. The maximum absolute atomic E-state index is 12.2. The van der Waals surface area contributed by atoms with Crippen LogP contribution in [-0.4, -0.2) is 61.1 Å². The average Bonchev–Trinajstić information content (AvgIpc) is 3.08. The molecule has 3 rings (SSSR count). The van der Waals surface area contributed by atoms with Crippen molar-refractivity contribution >= 4 is 17.2 Å². The largest absolute Gasteiger partial charge is 0.379 e. The summed E-state index contributed by atoms with van der Waals surface area (Å²) in [6, 6.07) is 2.30. The van der Waals surface area contributed by atoms with Gasteiger partial charge in [0.2, 0.25) is 5.91 Å². The minimum atomic E-state index is 0.0322. The van der Waals surface area contributed by atoms with Crippen LogP contribution in [0.1, 0.15) is 18.7 Å². The number of thiophene rings is 1. The van der Waals surface area contributed by atoms with E-state index < -0.39 is 0 Å². The number of carbonyl (C=O) groups is 1. The summed E-state index contributed by atoms with van der Waals surface area (Å²) in [5, 5.41) is 7.49. The number of nitrogens with zero attached hydrogens (tertiary/aromatic N) is 2. The molecule has 2 aliphatic heterocycles. The van der Waals surface area contributed by atoms with E-state index in [-0.39, 0.29) is 18.1 Å². The zero-order chi connectivity index (χ0) is 13.9. The number of carbonyl (C=O) groups excluding carboxylic acids is 1. The Morgan fingerprint density at radius 1 is 1.50 bits per heavy atom. The third-order valence-corrected chi connectivity index (χ3v) is 4.67. The van der Waals surface area contributed by atoms with Crippen molar-refractivity contribution in [2.24, 2.45) is 0 Å². The van der Waals surface area contributed by atoms with Gasteiger partial charge in [0.25, 0.3) is 0 Å². The Bertz CT molecular complexity index is 445. The molecule has 5 nitrogen and oxygen atoms in total. The fraction of sp³-hybridized carbons (Fsp3) is 0.643. The minimum absolute atomic E-state index is 0.0322. The van der Waals surface area contributed by atoms with E-state index in [0.29, 0.717) is 6.54 Å². The van der Waals surface area contributed by atoms with Gasteiger partial charge in [0.1, 0.15) is 6.17 Å². The number of amides is 1. The van der Waals surface area contributed by atoms with Crippen LogP contribution in [0.15, 0.2) is 16.8 Å². The maximum Gasteiger partial charge on any atom is 0.238 e. The van der Waals surface area contributed by atoms with Crippen LogP contribution in [0.3, 0.4) is 0 Å². The first-order valence-electron chi connectivity index (χ1n) is 7.12. The predicted molar refractivity (Wildman–Crippen MR) is 78.6 cm³/mol. The number of rotatable bonds is 4. The predicted octanol–water partition coefficient (Wildman–Crippen LogP) is 0.899. The first-order valence-corrected chi connectivity index (χ1v) is 8.07. The molecular weight excluding hydrogens is 274 g/mol. The maximum atomic E-state index is 12.2. The van der Waals surface area contributed by atoms with E-state index in [2.05, 4.69) is 34.0 Å². The smallest absolute Gasteiger partial charge is 0.238 e. The molecule has 0 radical (unpaired) electrons. The summed E-state index contributed by atoms with van der Waals surface area (Å²) in [5.74, 6) is 0.196. The van der Waals surface area contributed by atoms with Gasteiger partial charge in [-0.1, -0.05) is 0 Å². The summed E-state index contributed by atoms with van der Waals surface area (Å²) >= 11 is 1.67. The van der Waals surface area contributed by atoms with Crippen molar-refractivity contribution < 1.29 is 9.53 Å². The molecule has 1 aromatic heterocycles. The molecule has 6 heteroatoms. The quantitative estimate of drug-likeness (QED) is 0.896. The van der Waals surface area contributed by atoms with Gasteiger partial charge in [-0.05, 0) is 29.3 Å². The highest BCUT2D eigenvalue weighted by Crippen LogP contribution is 2.26. The second-order valence-electron chi connectivity index (χ2n) is 5.40. The van der Waals surface area contributed by atoms with E-state index in [1.807, 2.05) is 4.90 Å². The van der Waals surface area contributed by atoms with Crippen LogP contribution in [0.4, 0.5) is 0 Å². The van der Waals surface area contributed by atoms with Crippen LogP contribution in [0, 0.1) is 0 Å². The first-order chi connectivity index (χ1) is 9.75. The minimum Gasteiger partial charge on any atom is -0.379 e. The van der Waals surface area contributed by atoms with Gasteiger partial charge < -0.3 is 9.64 Å².